The Bertz CT molecular complexity index is 591. The standard InChI is InChI=1S/C20H29N3O2/c1-22(18(11-14-24)17-9-5-3-6-10-17)15-19(25)23(2)20(16-21)12-7-4-8-13-20/h3,5-6,9-10,18,24H,4,7-8,11-15H2,1-2H3. The third-order valence-corrected chi connectivity index (χ3v) is 5.41. The molecule has 1 aromatic rings. The van der Waals surface area contributed by atoms with Gasteiger partial charge in [-0.05, 0) is 31.9 Å². The first-order chi connectivity index (χ1) is 12.0. The van der Waals surface area contributed by atoms with E-state index in [1.54, 1.807) is 11.9 Å². The average molecular weight is 343 g/mol. The summed E-state index contributed by atoms with van der Waals surface area (Å²) < 4.78 is 0. The Hall–Kier alpha value is -1.90. The summed E-state index contributed by atoms with van der Waals surface area (Å²) in [6.07, 6.45) is 5.22. The monoisotopic (exact) mass is 343 g/mol. The SMILES string of the molecule is CN(CC(=O)N(C)C1(C#N)CCCCC1)C(CCO)c1ccccc1. The van der Waals surface area contributed by atoms with Crippen LogP contribution in [0.15, 0.2) is 30.3 Å². The van der Waals surface area contributed by atoms with Gasteiger partial charge in [-0.2, -0.15) is 5.26 Å². The van der Waals surface area contributed by atoms with Crippen LogP contribution in [0.25, 0.3) is 0 Å². The van der Waals surface area contributed by atoms with E-state index in [2.05, 4.69) is 6.07 Å². The van der Waals surface area contributed by atoms with Crippen LogP contribution in [0, 0.1) is 11.3 Å². The molecule has 0 aromatic heterocycles. The van der Waals surface area contributed by atoms with Crippen LogP contribution in [-0.4, -0.2) is 53.6 Å². The maximum absolute atomic E-state index is 12.8. The number of aliphatic hydroxyl groups is 1. The summed E-state index contributed by atoms with van der Waals surface area (Å²) in [6, 6.07) is 12.3. The van der Waals surface area contributed by atoms with Gasteiger partial charge in [0.25, 0.3) is 0 Å². The highest BCUT2D eigenvalue weighted by Crippen LogP contribution is 2.33. The highest BCUT2D eigenvalue weighted by molar-refractivity contribution is 5.79. The molecule has 5 heteroatoms. The second-order valence-corrected chi connectivity index (χ2v) is 7.01. The third kappa shape index (κ3) is 4.59. The zero-order valence-electron chi connectivity index (χ0n) is 15.3. The lowest BCUT2D eigenvalue weighted by molar-refractivity contribution is -0.136. The smallest absolute Gasteiger partial charge is 0.237 e. The van der Waals surface area contributed by atoms with Crippen molar-refractivity contribution in [3.05, 3.63) is 35.9 Å². The Morgan fingerprint density at radius 2 is 1.88 bits per heavy atom. The van der Waals surface area contributed by atoms with Crippen molar-refractivity contribution >= 4 is 5.91 Å². The first-order valence-corrected chi connectivity index (χ1v) is 9.08. The molecule has 2 rings (SSSR count). The predicted octanol–water partition coefficient (Wildman–Crippen LogP) is 2.73. The fourth-order valence-electron chi connectivity index (χ4n) is 3.77. The molecule has 1 fully saturated rings. The Morgan fingerprint density at radius 3 is 2.44 bits per heavy atom. The Morgan fingerprint density at radius 1 is 1.24 bits per heavy atom. The van der Waals surface area contributed by atoms with Crippen molar-refractivity contribution in [2.75, 3.05) is 27.2 Å². The topological polar surface area (TPSA) is 67.6 Å². The van der Waals surface area contributed by atoms with Crippen molar-refractivity contribution in [2.24, 2.45) is 0 Å². The molecule has 0 bridgehead atoms. The number of nitrogens with zero attached hydrogens (tertiary/aromatic N) is 3. The van der Waals surface area contributed by atoms with E-state index < -0.39 is 5.54 Å². The van der Waals surface area contributed by atoms with Gasteiger partial charge in [0.15, 0.2) is 0 Å². The lowest BCUT2D eigenvalue weighted by atomic mass is 9.81. The highest BCUT2D eigenvalue weighted by atomic mass is 16.3. The number of carbonyl (C=O) groups is 1. The Kier molecular flexibility index (Phi) is 6.98. The van der Waals surface area contributed by atoms with Gasteiger partial charge in [-0.1, -0.05) is 49.6 Å². The molecular formula is C20H29N3O2. The molecule has 5 nitrogen and oxygen atoms in total. The van der Waals surface area contributed by atoms with Gasteiger partial charge < -0.3 is 10.0 Å². The van der Waals surface area contributed by atoms with Crippen molar-refractivity contribution in [3.63, 3.8) is 0 Å². The molecule has 1 N–H and O–H groups in total. The van der Waals surface area contributed by atoms with Crippen molar-refractivity contribution in [1.82, 2.24) is 9.80 Å². The minimum absolute atomic E-state index is 0.0204. The number of likely N-dealkylation sites (N-methyl/N-ethyl adjacent to an activating group) is 2. The Labute approximate surface area is 150 Å². The number of hydrogen-bond acceptors (Lipinski definition) is 4. The maximum atomic E-state index is 12.8. The van der Waals surface area contributed by atoms with E-state index in [0.29, 0.717) is 6.42 Å². The number of hydrogen-bond donors (Lipinski definition) is 1. The second kappa shape index (κ2) is 8.98. The van der Waals surface area contributed by atoms with Gasteiger partial charge in [-0.3, -0.25) is 9.69 Å². The summed E-state index contributed by atoms with van der Waals surface area (Å²) in [4.78, 5) is 16.5. The zero-order valence-corrected chi connectivity index (χ0v) is 15.3. The molecule has 0 heterocycles. The van der Waals surface area contributed by atoms with Gasteiger partial charge in [0.2, 0.25) is 5.91 Å². The number of rotatable bonds is 7. The molecule has 0 spiro atoms. The summed E-state index contributed by atoms with van der Waals surface area (Å²) in [5.74, 6) is -0.0372. The number of carbonyl (C=O) groups excluding carboxylic acids is 1. The molecule has 25 heavy (non-hydrogen) atoms. The molecule has 1 unspecified atom stereocenters. The van der Waals surface area contributed by atoms with Gasteiger partial charge in [0.1, 0.15) is 5.54 Å². The lowest BCUT2D eigenvalue weighted by Crippen LogP contribution is -2.52. The van der Waals surface area contributed by atoms with Crippen LogP contribution in [0.5, 0.6) is 0 Å². The first-order valence-electron chi connectivity index (χ1n) is 9.08. The molecule has 1 atom stereocenters. The van der Waals surface area contributed by atoms with Crippen LogP contribution < -0.4 is 0 Å². The van der Waals surface area contributed by atoms with Gasteiger partial charge in [-0.25, -0.2) is 0 Å². The molecule has 1 aliphatic carbocycles. The fourth-order valence-corrected chi connectivity index (χ4v) is 3.77. The third-order valence-electron chi connectivity index (χ3n) is 5.41. The summed E-state index contributed by atoms with van der Waals surface area (Å²) in [5, 5.41) is 19.1. The molecule has 0 saturated heterocycles. The maximum Gasteiger partial charge on any atom is 0.237 e. The lowest BCUT2D eigenvalue weighted by Gasteiger charge is -2.40. The van der Waals surface area contributed by atoms with Crippen LogP contribution in [0.2, 0.25) is 0 Å². The molecule has 136 valence electrons. The molecule has 1 aromatic carbocycles. The van der Waals surface area contributed by atoms with E-state index in [1.807, 2.05) is 42.3 Å². The summed E-state index contributed by atoms with van der Waals surface area (Å²) in [6.45, 7) is 0.301. The van der Waals surface area contributed by atoms with Crippen LogP contribution in [0.4, 0.5) is 0 Å². The van der Waals surface area contributed by atoms with Gasteiger partial charge >= 0.3 is 0 Å². The van der Waals surface area contributed by atoms with Crippen molar-refractivity contribution in [3.8, 4) is 6.07 Å². The number of nitriles is 1. The number of benzene rings is 1. The van der Waals surface area contributed by atoms with E-state index in [0.717, 1.165) is 37.7 Å². The minimum Gasteiger partial charge on any atom is -0.396 e. The minimum atomic E-state index is -0.657. The fraction of sp³-hybridized carbons (Fsp3) is 0.600. The van der Waals surface area contributed by atoms with Crippen LogP contribution in [-0.2, 0) is 4.79 Å². The quantitative estimate of drug-likeness (QED) is 0.826. The highest BCUT2D eigenvalue weighted by Gasteiger charge is 2.39. The average Bonchev–Trinajstić information content (AvgIpc) is 2.66. The van der Waals surface area contributed by atoms with Crippen molar-refractivity contribution in [1.29, 1.82) is 5.26 Å². The predicted molar refractivity (Wildman–Crippen MR) is 97.7 cm³/mol. The van der Waals surface area contributed by atoms with Gasteiger partial charge in [-0.15, -0.1) is 0 Å². The molecular weight excluding hydrogens is 314 g/mol. The van der Waals surface area contributed by atoms with E-state index in [4.69, 9.17) is 0 Å². The molecule has 1 amide bonds. The van der Waals surface area contributed by atoms with E-state index >= 15 is 0 Å². The van der Waals surface area contributed by atoms with E-state index in [9.17, 15) is 15.2 Å². The molecule has 0 aliphatic heterocycles. The Balaban J connectivity index is 2.08. The molecule has 1 aliphatic rings. The summed E-state index contributed by atoms with van der Waals surface area (Å²) >= 11 is 0. The number of aliphatic hydroxyl groups excluding tert-OH is 1. The van der Waals surface area contributed by atoms with Crippen LogP contribution in [0.1, 0.15) is 50.1 Å². The van der Waals surface area contributed by atoms with Gasteiger partial charge in [0, 0.05) is 19.7 Å². The largest absolute Gasteiger partial charge is 0.396 e. The van der Waals surface area contributed by atoms with Crippen LogP contribution in [0.3, 0.4) is 0 Å². The van der Waals surface area contributed by atoms with Crippen molar-refractivity contribution in [2.45, 2.75) is 50.1 Å². The normalized spacial score (nSPS) is 17.7. The van der Waals surface area contributed by atoms with Gasteiger partial charge in [0.05, 0.1) is 12.6 Å². The van der Waals surface area contributed by atoms with E-state index in [1.165, 1.54) is 0 Å². The first kappa shape index (κ1) is 19.4. The van der Waals surface area contributed by atoms with Crippen molar-refractivity contribution < 1.29 is 9.90 Å². The molecule has 0 radical (unpaired) electrons. The zero-order chi connectivity index (χ0) is 18.3. The summed E-state index contributed by atoms with van der Waals surface area (Å²) in [5.41, 5.74) is 0.428. The van der Waals surface area contributed by atoms with E-state index in [-0.39, 0.29) is 25.1 Å². The summed E-state index contributed by atoms with van der Waals surface area (Å²) in [7, 11) is 3.66. The number of amides is 1. The molecule has 1 saturated carbocycles. The second-order valence-electron chi connectivity index (χ2n) is 7.01. The van der Waals surface area contributed by atoms with Crippen LogP contribution >= 0.6 is 0 Å².